The molecule has 0 radical (unpaired) electrons. The Hall–Kier alpha value is -3.05. The molecule has 8 nitrogen and oxygen atoms in total. The van der Waals surface area contributed by atoms with E-state index in [9.17, 15) is 13.2 Å². The van der Waals surface area contributed by atoms with E-state index in [4.69, 9.17) is 14.5 Å². The van der Waals surface area contributed by atoms with Gasteiger partial charge in [-0.2, -0.15) is 4.31 Å². The third-order valence-corrected chi connectivity index (χ3v) is 9.26. The Morgan fingerprint density at radius 3 is 2.49 bits per heavy atom. The molecule has 1 atom stereocenters. The summed E-state index contributed by atoms with van der Waals surface area (Å²) >= 11 is 1.43. The number of carbonyl (C=O) groups is 1. The molecule has 10 heteroatoms. The van der Waals surface area contributed by atoms with Gasteiger partial charge in [0.25, 0.3) is 5.91 Å². The number of anilines is 1. The van der Waals surface area contributed by atoms with Crippen molar-refractivity contribution in [2.45, 2.75) is 30.8 Å². The molecular weight excluding hydrogens is 510 g/mol. The van der Waals surface area contributed by atoms with Crippen LogP contribution in [-0.4, -0.2) is 63.1 Å². The topological polar surface area (TPSA) is 89.0 Å². The summed E-state index contributed by atoms with van der Waals surface area (Å²) in [5.41, 5.74) is 2.11. The summed E-state index contributed by atoms with van der Waals surface area (Å²) in [7, 11) is -2.17. The van der Waals surface area contributed by atoms with E-state index in [1.807, 2.05) is 19.1 Å². The van der Waals surface area contributed by atoms with Crippen molar-refractivity contribution in [2.24, 2.45) is 0 Å². The Morgan fingerprint density at radius 2 is 1.89 bits per heavy atom. The van der Waals surface area contributed by atoms with Crippen LogP contribution in [0.3, 0.4) is 0 Å². The quantitative estimate of drug-likeness (QED) is 0.324. The number of nitrogens with zero attached hydrogens (tertiary/aromatic N) is 3. The fraction of sp³-hybridized carbons (Fsp3) is 0.333. The smallest absolute Gasteiger partial charge is 0.260 e. The molecule has 0 spiro atoms. The number of aromatic nitrogens is 1. The standard InChI is InChI=1S/C27H31N3O5S2/c1-5-15-29(16-6-2)37(32,33)22-12-10-20(11-13-22)26(31)30(18-21-8-7-17-35-21)27-28-24-23(34-4)14-9-19(3)25(24)36-27/h5-6,9-14,21H,1-2,7-8,15-18H2,3-4H3. The first-order chi connectivity index (χ1) is 17.8. The highest BCUT2D eigenvalue weighted by molar-refractivity contribution is 7.89. The molecule has 0 N–H and O–H groups in total. The maximum Gasteiger partial charge on any atom is 0.260 e. The second-order valence-corrected chi connectivity index (χ2v) is 11.6. The maximum absolute atomic E-state index is 13.8. The minimum atomic E-state index is -3.77. The van der Waals surface area contributed by atoms with Gasteiger partial charge in [0.15, 0.2) is 5.13 Å². The number of hydrogen-bond donors (Lipinski definition) is 0. The molecule has 3 aromatic rings. The second kappa shape index (κ2) is 11.6. The first-order valence-electron chi connectivity index (χ1n) is 12.0. The van der Waals surface area contributed by atoms with Crippen molar-refractivity contribution < 1.29 is 22.7 Å². The minimum absolute atomic E-state index is 0.0926. The summed E-state index contributed by atoms with van der Waals surface area (Å²) in [6, 6.07) is 9.83. The highest BCUT2D eigenvalue weighted by atomic mass is 32.2. The molecule has 2 heterocycles. The zero-order chi connectivity index (χ0) is 26.6. The lowest BCUT2D eigenvalue weighted by atomic mass is 10.2. The predicted molar refractivity (Wildman–Crippen MR) is 147 cm³/mol. The Morgan fingerprint density at radius 1 is 1.19 bits per heavy atom. The summed E-state index contributed by atoms with van der Waals surface area (Å²) in [5, 5.41) is 0.544. The molecular formula is C27H31N3O5S2. The Kier molecular flexibility index (Phi) is 8.43. The maximum atomic E-state index is 13.8. The number of benzene rings is 2. The number of amides is 1. The molecule has 0 saturated carbocycles. The van der Waals surface area contributed by atoms with Gasteiger partial charge >= 0.3 is 0 Å². The SMILES string of the molecule is C=CCN(CC=C)S(=O)(=O)c1ccc(C(=O)N(CC2CCCO2)c2nc3c(OC)ccc(C)c3s2)cc1. The van der Waals surface area contributed by atoms with Gasteiger partial charge in [0.1, 0.15) is 11.3 Å². The number of carbonyl (C=O) groups excluding carboxylic acids is 1. The third-order valence-electron chi connectivity index (χ3n) is 6.20. The zero-order valence-corrected chi connectivity index (χ0v) is 22.7. The molecule has 1 aromatic heterocycles. The van der Waals surface area contributed by atoms with Gasteiger partial charge in [0.05, 0.1) is 29.4 Å². The number of aryl methyl sites for hydroxylation is 1. The molecule has 196 valence electrons. The lowest BCUT2D eigenvalue weighted by Gasteiger charge is -2.23. The number of fused-ring (bicyclic) bond motifs is 1. The fourth-order valence-electron chi connectivity index (χ4n) is 4.25. The Balaban J connectivity index is 1.69. The molecule has 2 aromatic carbocycles. The molecule has 1 aliphatic rings. The predicted octanol–water partition coefficient (Wildman–Crippen LogP) is 4.80. The average molecular weight is 542 g/mol. The van der Waals surface area contributed by atoms with Gasteiger partial charge < -0.3 is 9.47 Å². The normalized spacial score (nSPS) is 15.7. The van der Waals surface area contributed by atoms with Crippen LogP contribution in [0.15, 0.2) is 66.6 Å². The summed E-state index contributed by atoms with van der Waals surface area (Å²) in [4.78, 5) is 20.3. The number of sulfonamides is 1. The fourth-order valence-corrected chi connectivity index (χ4v) is 6.69. The van der Waals surface area contributed by atoms with Crippen molar-refractivity contribution in [1.29, 1.82) is 0 Å². The van der Waals surface area contributed by atoms with Crippen molar-refractivity contribution in [3.05, 3.63) is 72.8 Å². The summed E-state index contributed by atoms with van der Waals surface area (Å²) in [6.45, 7) is 10.6. The summed E-state index contributed by atoms with van der Waals surface area (Å²) < 4.78 is 39.7. The van der Waals surface area contributed by atoms with Crippen molar-refractivity contribution in [3.8, 4) is 5.75 Å². The van der Waals surface area contributed by atoms with E-state index < -0.39 is 10.0 Å². The van der Waals surface area contributed by atoms with Gasteiger partial charge in [-0.3, -0.25) is 9.69 Å². The van der Waals surface area contributed by atoms with E-state index in [1.165, 1.54) is 52.1 Å². The van der Waals surface area contributed by atoms with Gasteiger partial charge in [-0.15, -0.1) is 13.2 Å². The largest absolute Gasteiger partial charge is 0.494 e. The van der Waals surface area contributed by atoms with E-state index in [0.29, 0.717) is 35.1 Å². The second-order valence-electron chi connectivity index (χ2n) is 8.73. The van der Waals surface area contributed by atoms with Crippen LogP contribution in [0.4, 0.5) is 5.13 Å². The molecule has 37 heavy (non-hydrogen) atoms. The van der Waals surface area contributed by atoms with E-state index in [-0.39, 0.29) is 30.0 Å². The van der Waals surface area contributed by atoms with Crippen LogP contribution in [0, 0.1) is 6.92 Å². The molecule has 0 aliphatic carbocycles. The van der Waals surface area contributed by atoms with Gasteiger partial charge in [-0.05, 0) is 55.7 Å². The van der Waals surface area contributed by atoms with Crippen LogP contribution in [0.25, 0.3) is 10.2 Å². The van der Waals surface area contributed by atoms with Crippen LogP contribution < -0.4 is 9.64 Å². The van der Waals surface area contributed by atoms with Crippen molar-refractivity contribution in [3.63, 3.8) is 0 Å². The lowest BCUT2D eigenvalue weighted by Crippen LogP contribution is -2.37. The number of rotatable bonds is 11. The zero-order valence-electron chi connectivity index (χ0n) is 21.1. The van der Waals surface area contributed by atoms with Crippen LogP contribution in [0.2, 0.25) is 0 Å². The van der Waals surface area contributed by atoms with Gasteiger partial charge in [0.2, 0.25) is 10.0 Å². The first kappa shape index (κ1) is 27.0. The molecule has 1 fully saturated rings. The molecule has 1 amide bonds. The van der Waals surface area contributed by atoms with Crippen LogP contribution in [-0.2, 0) is 14.8 Å². The van der Waals surface area contributed by atoms with E-state index in [2.05, 4.69) is 13.2 Å². The van der Waals surface area contributed by atoms with Crippen LogP contribution >= 0.6 is 11.3 Å². The number of methoxy groups -OCH3 is 1. The Bertz CT molecular complexity index is 1380. The number of hydrogen-bond acceptors (Lipinski definition) is 7. The first-order valence-corrected chi connectivity index (χ1v) is 14.3. The molecule has 1 saturated heterocycles. The van der Waals surface area contributed by atoms with Crippen molar-refractivity contribution in [1.82, 2.24) is 9.29 Å². The Labute approximate surface area is 221 Å². The number of thiazole rings is 1. The van der Waals surface area contributed by atoms with Gasteiger partial charge in [0, 0.05) is 25.3 Å². The van der Waals surface area contributed by atoms with E-state index in [1.54, 1.807) is 12.0 Å². The molecule has 1 aliphatic heterocycles. The monoisotopic (exact) mass is 541 g/mol. The van der Waals surface area contributed by atoms with E-state index in [0.717, 1.165) is 23.1 Å². The highest BCUT2D eigenvalue weighted by Gasteiger charge is 2.29. The molecule has 4 rings (SSSR count). The summed E-state index contributed by atoms with van der Waals surface area (Å²) in [5.74, 6) is 0.370. The van der Waals surface area contributed by atoms with Crippen LogP contribution in [0.1, 0.15) is 28.8 Å². The van der Waals surface area contributed by atoms with Crippen molar-refractivity contribution in [2.75, 3.05) is 38.3 Å². The highest BCUT2D eigenvalue weighted by Crippen LogP contribution is 2.37. The van der Waals surface area contributed by atoms with Gasteiger partial charge in [-0.25, -0.2) is 13.4 Å². The molecule has 1 unspecified atom stereocenters. The van der Waals surface area contributed by atoms with Crippen molar-refractivity contribution >= 4 is 42.6 Å². The summed E-state index contributed by atoms with van der Waals surface area (Å²) in [6.07, 6.45) is 4.76. The molecule has 0 bridgehead atoms. The van der Waals surface area contributed by atoms with Gasteiger partial charge in [-0.1, -0.05) is 29.6 Å². The van der Waals surface area contributed by atoms with E-state index >= 15 is 0 Å². The average Bonchev–Trinajstić information content (AvgIpc) is 3.58. The van der Waals surface area contributed by atoms with Crippen LogP contribution in [0.5, 0.6) is 5.75 Å². The number of ether oxygens (including phenoxy) is 2. The minimum Gasteiger partial charge on any atom is -0.494 e. The lowest BCUT2D eigenvalue weighted by molar-refractivity contribution is 0.0917. The third kappa shape index (κ3) is 5.62.